The van der Waals surface area contributed by atoms with Gasteiger partial charge in [0.1, 0.15) is 0 Å². The normalized spacial score (nSPS) is 15.0. The first-order chi connectivity index (χ1) is 9.54. The van der Waals surface area contributed by atoms with E-state index in [1.165, 1.54) is 0 Å². The Morgan fingerprint density at radius 3 is 0.810 bits per heavy atom. The zero-order chi connectivity index (χ0) is 17.6. The molecule has 0 aromatic heterocycles. The quantitative estimate of drug-likeness (QED) is 0.510. The predicted octanol–water partition coefficient (Wildman–Crippen LogP) is 1.40. The summed E-state index contributed by atoms with van der Waals surface area (Å²) in [6.45, 7) is 13.2. The summed E-state index contributed by atoms with van der Waals surface area (Å²) in [5.74, 6) is 0.764. The van der Waals surface area contributed by atoms with Crippen LogP contribution in [0.4, 0.5) is 0 Å². The van der Waals surface area contributed by atoms with Gasteiger partial charge in [-0.05, 0) is 24.2 Å². The molecule has 0 aliphatic carbocycles. The lowest BCUT2D eigenvalue weighted by Crippen LogP contribution is -2.18. The molecule has 0 aromatic rings. The molecule has 0 amide bonds. The van der Waals surface area contributed by atoms with Crippen LogP contribution in [-0.4, -0.2) is 57.1 Å². The average Bonchev–Trinajstić information content (AvgIpc) is 2.45. The molecule has 0 spiro atoms. The first kappa shape index (κ1) is 25.7. The molecule has 0 saturated heterocycles. The molecule has 21 heavy (non-hydrogen) atoms. The Labute approximate surface area is 130 Å². The molecule has 5 heteroatoms. The minimum atomic E-state index is -0.542. The molecule has 0 aliphatic heterocycles. The van der Waals surface area contributed by atoms with Gasteiger partial charge in [0.2, 0.25) is 0 Å². The Bertz CT molecular complexity index is 162. The Morgan fingerprint density at radius 2 is 0.810 bits per heavy atom. The van der Waals surface area contributed by atoms with E-state index >= 15 is 0 Å². The van der Waals surface area contributed by atoms with E-state index in [-0.39, 0.29) is 31.2 Å². The van der Waals surface area contributed by atoms with Gasteiger partial charge in [0.25, 0.3) is 0 Å². The van der Waals surface area contributed by atoms with E-state index in [4.69, 9.17) is 25.5 Å². The van der Waals surface area contributed by atoms with Gasteiger partial charge in [-0.2, -0.15) is 0 Å². The van der Waals surface area contributed by atoms with E-state index in [1.54, 1.807) is 0 Å². The van der Waals surface area contributed by atoms with E-state index < -0.39 is 12.2 Å². The van der Waals surface area contributed by atoms with Crippen molar-refractivity contribution in [2.75, 3.05) is 13.2 Å². The van der Waals surface area contributed by atoms with Crippen molar-refractivity contribution < 1.29 is 25.5 Å². The van der Waals surface area contributed by atoms with Crippen molar-refractivity contribution in [3.05, 3.63) is 0 Å². The van der Waals surface area contributed by atoms with Crippen LogP contribution >= 0.6 is 0 Å². The van der Waals surface area contributed by atoms with Crippen LogP contribution in [0.5, 0.6) is 0 Å². The SMILES string of the molecule is CC(C)C(O)CO.CC(C)[C@H](O)CO.CC[C@H](O)C(C)C. The smallest absolute Gasteiger partial charge is 0.0793 e. The van der Waals surface area contributed by atoms with E-state index in [0.29, 0.717) is 5.92 Å². The molecule has 1 unspecified atom stereocenters. The van der Waals surface area contributed by atoms with Crippen molar-refractivity contribution in [3.63, 3.8) is 0 Å². The monoisotopic (exact) mass is 310 g/mol. The van der Waals surface area contributed by atoms with Gasteiger partial charge in [0.15, 0.2) is 0 Å². The number of aliphatic hydroxyl groups is 5. The summed E-state index contributed by atoms with van der Waals surface area (Å²) in [5, 5.41) is 42.8. The lowest BCUT2D eigenvalue weighted by molar-refractivity contribution is 0.0597. The number of rotatable bonds is 6. The van der Waals surface area contributed by atoms with Crippen LogP contribution in [0.1, 0.15) is 54.9 Å². The highest BCUT2D eigenvalue weighted by Gasteiger charge is 2.05. The zero-order valence-electron chi connectivity index (χ0n) is 14.8. The largest absolute Gasteiger partial charge is 0.394 e. The molecular weight excluding hydrogens is 272 g/mol. The molecule has 5 nitrogen and oxygen atoms in total. The molecule has 132 valence electrons. The summed E-state index contributed by atoms with van der Waals surface area (Å²) in [6.07, 6.45) is -0.308. The third kappa shape index (κ3) is 19.8. The van der Waals surface area contributed by atoms with Crippen molar-refractivity contribution in [2.45, 2.75) is 73.2 Å². The Balaban J connectivity index is -0.000000231. The lowest BCUT2D eigenvalue weighted by Gasteiger charge is -2.09. The fraction of sp³-hybridized carbons (Fsp3) is 1.00. The topological polar surface area (TPSA) is 101 Å². The van der Waals surface area contributed by atoms with Crippen molar-refractivity contribution in [1.29, 1.82) is 0 Å². The maximum atomic E-state index is 8.94. The second-order valence-corrected chi connectivity index (χ2v) is 6.21. The average molecular weight is 310 g/mol. The summed E-state index contributed by atoms with van der Waals surface area (Å²) in [4.78, 5) is 0. The second-order valence-electron chi connectivity index (χ2n) is 6.21. The highest BCUT2D eigenvalue weighted by molar-refractivity contribution is 4.56. The fourth-order valence-electron chi connectivity index (χ4n) is 0.893. The van der Waals surface area contributed by atoms with E-state index in [9.17, 15) is 0 Å². The minimum Gasteiger partial charge on any atom is -0.394 e. The molecule has 0 bridgehead atoms. The molecule has 5 N–H and O–H groups in total. The highest BCUT2D eigenvalue weighted by atomic mass is 16.3. The molecule has 0 saturated carbocycles. The number of aliphatic hydroxyl groups excluding tert-OH is 5. The van der Waals surface area contributed by atoms with Crippen LogP contribution in [0.15, 0.2) is 0 Å². The van der Waals surface area contributed by atoms with Crippen molar-refractivity contribution >= 4 is 0 Å². The van der Waals surface area contributed by atoms with Gasteiger partial charge in [-0.1, -0.05) is 48.5 Å². The Morgan fingerprint density at radius 1 is 0.571 bits per heavy atom. The van der Waals surface area contributed by atoms with Crippen LogP contribution in [0, 0.1) is 17.8 Å². The first-order valence-electron chi connectivity index (χ1n) is 7.80. The van der Waals surface area contributed by atoms with Crippen molar-refractivity contribution in [1.82, 2.24) is 0 Å². The summed E-state index contributed by atoms with van der Waals surface area (Å²) in [5.41, 5.74) is 0. The van der Waals surface area contributed by atoms with E-state index in [0.717, 1.165) is 6.42 Å². The van der Waals surface area contributed by atoms with Crippen molar-refractivity contribution in [2.24, 2.45) is 17.8 Å². The number of hydrogen-bond acceptors (Lipinski definition) is 5. The van der Waals surface area contributed by atoms with Crippen LogP contribution in [0.3, 0.4) is 0 Å². The van der Waals surface area contributed by atoms with Crippen LogP contribution < -0.4 is 0 Å². The summed E-state index contributed by atoms with van der Waals surface area (Å²) < 4.78 is 0. The van der Waals surface area contributed by atoms with Gasteiger partial charge < -0.3 is 25.5 Å². The maximum Gasteiger partial charge on any atom is 0.0793 e. The highest BCUT2D eigenvalue weighted by Crippen LogP contribution is 2.02. The molecule has 0 heterocycles. The third-order valence-electron chi connectivity index (χ3n) is 3.10. The summed E-state index contributed by atoms with van der Waals surface area (Å²) >= 11 is 0. The van der Waals surface area contributed by atoms with Crippen molar-refractivity contribution in [3.8, 4) is 0 Å². The van der Waals surface area contributed by atoms with Gasteiger partial charge in [0, 0.05) is 0 Å². The van der Waals surface area contributed by atoms with Gasteiger partial charge >= 0.3 is 0 Å². The Kier molecular flexibility index (Phi) is 19.8. The molecule has 0 aromatic carbocycles. The predicted molar refractivity (Wildman–Crippen MR) is 87.0 cm³/mol. The van der Waals surface area contributed by atoms with Gasteiger partial charge in [-0.15, -0.1) is 0 Å². The lowest BCUT2D eigenvalue weighted by atomic mass is 10.1. The zero-order valence-corrected chi connectivity index (χ0v) is 14.8. The molecule has 3 atom stereocenters. The summed E-state index contributed by atoms with van der Waals surface area (Å²) in [7, 11) is 0. The third-order valence-corrected chi connectivity index (χ3v) is 3.10. The second kappa shape index (κ2) is 16.2. The number of hydrogen-bond donors (Lipinski definition) is 5. The van der Waals surface area contributed by atoms with E-state index in [1.807, 2.05) is 48.5 Å². The molecule has 0 aliphatic rings. The first-order valence-corrected chi connectivity index (χ1v) is 7.80. The minimum absolute atomic E-state index is 0.0972. The Hall–Kier alpha value is -0.200. The van der Waals surface area contributed by atoms with Gasteiger partial charge in [-0.25, -0.2) is 0 Å². The van der Waals surface area contributed by atoms with Crippen LogP contribution in [0.25, 0.3) is 0 Å². The van der Waals surface area contributed by atoms with Crippen LogP contribution in [0.2, 0.25) is 0 Å². The molecule has 0 fully saturated rings. The molecule has 0 rings (SSSR count). The molecule has 0 radical (unpaired) electrons. The standard InChI is InChI=1S/C6H14O.2C5H12O2/c1-4-6(7)5(2)3;2*1-4(2)5(7)3-6/h5-7H,4H2,1-3H3;2*4-7H,3H2,1-2H3/t6-;5-;/m01./s1. The van der Waals surface area contributed by atoms with E-state index in [2.05, 4.69) is 0 Å². The fourth-order valence-corrected chi connectivity index (χ4v) is 0.893. The summed E-state index contributed by atoms with van der Waals surface area (Å²) in [6, 6.07) is 0. The van der Waals surface area contributed by atoms with Gasteiger partial charge in [-0.3, -0.25) is 0 Å². The maximum absolute atomic E-state index is 8.94. The van der Waals surface area contributed by atoms with Gasteiger partial charge in [0.05, 0.1) is 31.5 Å². The van der Waals surface area contributed by atoms with Crippen LogP contribution in [-0.2, 0) is 0 Å². The molecular formula is C16H38O5.